The van der Waals surface area contributed by atoms with Crippen LogP contribution in [0, 0.1) is 5.82 Å². The number of benzene rings is 3. The molecule has 40 heavy (non-hydrogen) atoms. The van der Waals surface area contributed by atoms with E-state index in [2.05, 4.69) is 26.9 Å². The van der Waals surface area contributed by atoms with Gasteiger partial charge in [0, 0.05) is 61.5 Å². The first kappa shape index (κ1) is 26.2. The van der Waals surface area contributed by atoms with Crippen molar-refractivity contribution in [2.24, 2.45) is 7.05 Å². The lowest BCUT2D eigenvalue weighted by Crippen LogP contribution is -2.67. The summed E-state index contributed by atoms with van der Waals surface area (Å²) in [6, 6.07) is 18.9. The molecule has 2 amide bonds. The van der Waals surface area contributed by atoms with Crippen molar-refractivity contribution in [3.05, 3.63) is 89.4 Å². The van der Waals surface area contributed by atoms with Gasteiger partial charge in [-0.05, 0) is 59.7 Å². The second kappa shape index (κ2) is 10.1. The highest BCUT2D eigenvalue weighted by Gasteiger charge is 2.54. The number of aliphatic hydroxyl groups excluding tert-OH is 1. The summed E-state index contributed by atoms with van der Waals surface area (Å²) in [6.45, 7) is 2.48. The van der Waals surface area contributed by atoms with Crippen molar-refractivity contribution in [1.29, 1.82) is 0 Å². The first-order valence-corrected chi connectivity index (χ1v) is 13.3. The summed E-state index contributed by atoms with van der Waals surface area (Å²) in [5.41, 5.74) is 4.43. The molecule has 2 aliphatic heterocycles. The van der Waals surface area contributed by atoms with Crippen molar-refractivity contribution in [2.45, 2.75) is 18.0 Å². The van der Waals surface area contributed by atoms with Crippen LogP contribution in [0.4, 0.5) is 14.9 Å². The number of ether oxygens (including phenoxy) is 2. The second-order valence-electron chi connectivity index (χ2n) is 10.7. The second-order valence-corrected chi connectivity index (χ2v) is 10.7. The normalized spacial score (nSPS) is 17.9. The topological polar surface area (TPSA) is 79.2 Å². The van der Waals surface area contributed by atoms with E-state index in [0.717, 1.165) is 53.3 Å². The molecule has 3 heterocycles. The zero-order chi connectivity index (χ0) is 28.0. The van der Waals surface area contributed by atoms with Gasteiger partial charge in [0.15, 0.2) is 0 Å². The van der Waals surface area contributed by atoms with Gasteiger partial charge in [0.05, 0.1) is 32.4 Å². The van der Waals surface area contributed by atoms with Crippen LogP contribution in [-0.2, 0) is 19.0 Å². The Labute approximate surface area is 232 Å². The van der Waals surface area contributed by atoms with Gasteiger partial charge in [-0.25, -0.2) is 9.18 Å². The van der Waals surface area contributed by atoms with E-state index in [4.69, 9.17) is 9.47 Å². The van der Waals surface area contributed by atoms with E-state index in [1.54, 1.807) is 19.1 Å². The summed E-state index contributed by atoms with van der Waals surface area (Å²) < 4.78 is 26.5. The summed E-state index contributed by atoms with van der Waals surface area (Å²) in [5.74, 6) is 1.20. The Balaban J connectivity index is 1.39. The fraction of sp³-hybridized carbons (Fsp3) is 0.323. The Bertz CT molecular complexity index is 1560. The Morgan fingerprint density at radius 3 is 2.45 bits per heavy atom. The third kappa shape index (κ3) is 4.35. The molecule has 1 spiro atoms. The van der Waals surface area contributed by atoms with E-state index >= 15 is 0 Å². The average Bonchev–Trinajstić information content (AvgIpc) is 3.25. The molecule has 0 unspecified atom stereocenters. The SMILES string of the molecule is COc1cccc(CN2CC3(C2)CN(C(=O)Nc2ccc(F)cc2)[C@H](CO)c2c3c3ccc(OC)cc3n2C)c1. The predicted octanol–water partition coefficient (Wildman–Crippen LogP) is 4.67. The molecule has 4 aromatic rings. The van der Waals surface area contributed by atoms with Gasteiger partial charge in [-0.3, -0.25) is 4.90 Å². The number of anilines is 1. The number of methoxy groups -OCH3 is 2. The Hall–Kier alpha value is -4.08. The fourth-order valence-electron chi connectivity index (χ4n) is 6.51. The van der Waals surface area contributed by atoms with E-state index in [-0.39, 0.29) is 23.9 Å². The third-order valence-electron chi connectivity index (χ3n) is 8.27. The number of nitrogens with zero attached hydrogens (tertiary/aromatic N) is 3. The Kier molecular flexibility index (Phi) is 6.64. The number of hydrogen-bond acceptors (Lipinski definition) is 5. The molecule has 2 N–H and O–H groups in total. The summed E-state index contributed by atoms with van der Waals surface area (Å²) in [7, 11) is 5.29. The van der Waals surface area contributed by atoms with Crippen LogP contribution in [-0.4, -0.2) is 66.0 Å². The number of carbonyl (C=O) groups excluding carboxylic acids is 1. The van der Waals surface area contributed by atoms with Crippen molar-refractivity contribution < 1.29 is 23.8 Å². The number of nitrogens with one attached hydrogen (secondary N) is 1. The van der Waals surface area contributed by atoms with E-state index in [0.29, 0.717) is 12.2 Å². The highest BCUT2D eigenvalue weighted by Crippen LogP contribution is 2.50. The van der Waals surface area contributed by atoms with Crippen LogP contribution < -0.4 is 14.8 Å². The van der Waals surface area contributed by atoms with Crippen molar-refractivity contribution in [3.63, 3.8) is 0 Å². The predicted molar refractivity (Wildman–Crippen MR) is 151 cm³/mol. The van der Waals surface area contributed by atoms with Crippen molar-refractivity contribution in [1.82, 2.24) is 14.4 Å². The number of likely N-dealkylation sites (tertiary alicyclic amines) is 1. The number of amides is 2. The van der Waals surface area contributed by atoms with E-state index in [9.17, 15) is 14.3 Å². The van der Waals surface area contributed by atoms with Gasteiger partial charge in [-0.2, -0.15) is 0 Å². The number of aryl methyl sites for hydroxylation is 1. The molecule has 208 valence electrons. The van der Waals surface area contributed by atoms with Crippen molar-refractivity contribution in [3.8, 4) is 11.5 Å². The number of carbonyl (C=O) groups is 1. The summed E-state index contributed by atoms with van der Waals surface area (Å²) >= 11 is 0. The maximum atomic E-state index is 13.7. The van der Waals surface area contributed by atoms with Gasteiger partial charge in [0.25, 0.3) is 0 Å². The lowest BCUT2D eigenvalue weighted by atomic mass is 9.68. The average molecular weight is 545 g/mol. The first-order valence-electron chi connectivity index (χ1n) is 13.3. The maximum Gasteiger partial charge on any atom is 0.322 e. The highest BCUT2D eigenvalue weighted by molar-refractivity contribution is 5.92. The van der Waals surface area contributed by atoms with Gasteiger partial charge in [-0.15, -0.1) is 0 Å². The van der Waals surface area contributed by atoms with Crippen LogP contribution in [0.1, 0.15) is 22.9 Å². The molecule has 1 atom stereocenters. The van der Waals surface area contributed by atoms with Gasteiger partial charge in [0.2, 0.25) is 0 Å². The van der Waals surface area contributed by atoms with Crippen LogP contribution in [0.25, 0.3) is 10.9 Å². The molecule has 8 nitrogen and oxygen atoms in total. The molecule has 0 bridgehead atoms. The minimum Gasteiger partial charge on any atom is -0.497 e. The number of aliphatic hydroxyl groups is 1. The standard InChI is InChI=1S/C31H33FN4O4/c1-34-26-14-24(40-3)11-12-25(26)28-29(34)27(16-37)36(30(38)33-22-9-7-21(32)8-10-22)19-31(28)17-35(18-31)15-20-5-4-6-23(13-20)39-2/h4-14,27,37H,15-19H2,1-3H3,(H,33,38)/t27-/m1/s1. The lowest BCUT2D eigenvalue weighted by Gasteiger charge is -2.56. The largest absolute Gasteiger partial charge is 0.497 e. The number of urea groups is 1. The van der Waals surface area contributed by atoms with Crippen LogP contribution in [0.3, 0.4) is 0 Å². The Morgan fingerprint density at radius 1 is 1.02 bits per heavy atom. The van der Waals surface area contributed by atoms with E-state index in [1.807, 2.05) is 37.4 Å². The third-order valence-corrected chi connectivity index (χ3v) is 8.27. The van der Waals surface area contributed by atoms with Crippen LogP contribution in [0.5, 0.6) is 11.5 Å². The van der Waals surface area contributed by atoms with Gasteiger partial charge in [0.1, 0.15) is 17.3 Å². The lowest BCUT2D eigenvalue weighted by molar-refractivity contribution is 0.00763. The number of fused-ring (bicyclic) bond motifs is 4. The fourth-order valence-corrected chi connectivity index (χ4v) is 6.51. The first-order chi connectivity index (χ1) is 19.4. The summed E-state index contributed by atoms with van der Waals surface area (Å²) in [5, 5.41) is 14.7. The van der Waals surface area contributed by atoms with Crippen LogP contribution >= 0.6 is 0 Å². The van der Waals surface area contributed by atoms with Crippen LogP contribution in [0.15, 0.2) is 66.7 Å². The molecule has 1 aromatic heterocycles. The quantitative estimate of drug-likeness (QED) is 0.369. The molecule has 9 heteroatoms. The van der Waals surface area contributed by atoms with E-state index in [1.165, 1.54) is 29.8 Å². The zero-order valence-corrected chi connectivity index (χ0v) is 22.9. The monoisotopic (exact) mass is 544 g/mol. The molecule has 1 fully saturated rings. The molecule has 3 aromatic carbocycles. The minimum atomic E-state index is -0.545. The molecule has 2 aliphatic rings. The van der Waals surface area contributed by atoms with Crippen molar-refractivity contribution in [2.75, 3.05) is 45.8 Å². The van der Waals surface area contributed by atoms with E-state index < -0.39 is 6.04 Å². The van der Waals surface area contributed by atoms with Crippen molar-refractivity contribution >= 4 is 22.6 Å². The molecule has 0 saturated carbocycles. The van der Waals surface area contributed by atoms with Gasteiger partial charge >= 0.3 is 6.03 Å². The molecule has 0 aliphatic carbocycles. The Morgan fingerprint density at radius 2 is 1.75 bits per heavy atom. The summed E-state index contributed by atoms with van der Waals surface area (Å²) in [4.78, 5) is 17.8. The van der Waals surface area contributed by atoms with Gasteiger partial charge < -0.3 is 29.4 Å². The van der Waals surface area contributed by atoms with Gasteiger partial charge in [-0.1, -0.05) is 12.1 Å². The smallest absolute Gasteiger partial charge is 0.322 e. The zero-order valence-electron chi connectivity index (χ0n) is 22.9. The number of aromatic nitrogens is 1. The maximum absolute atomic E-state index is 13.7. The number of hydrogen-bond donors (Lipinski definition) is 2. The molecule has 6 rings (SSSR count). The number of halogens is 1. The molecule has 1 saturated heterocycles. The minimum absolute atomic E-state index is 0.227. The number of rotatable bonds is 6. The van der Waals surface area contributed by atoms with Crippen LogP contribution in [0.2, 0.25) is 0 Å². The molecular formula is C31H33FN4O4. The molecule has 0 radical (unpaired) electrons. The highest BCUT2D eigenvalue weighted by atomic mass is 19.1. The molecular weight excluding hydrogens is 511 g/mol. The summed E-state index contributed by atoms with van der Waals surface area (Å²) in [6.07, 6.45) is 0.